The topological polar surface area (TPSA) is 37.8 Å². The lowest BCUT2D eigenvalue weighted by molar-refractivity contribution is -0.143. The second kappa shape index (κ2) is 8.32. The molecule has 0 radical (unpaired) electrons. The van der Waals surface area contributed by atoms with Gasteiger partial charge >= 0.3 is 0 Å². The predicted octanol–water partition coefficient (Wildman–Crippen LogP) is 2.69. The van der Waals surface area contributed by atoms with Gasteiger partial charge in [-0.2, -0.15) is 0 Å². The van der Waals surface area contributed by atoms with Gasteiger partial charge in [0.25, 0.3) is 0 Å². The second-order valence-corrected chi connectivity index (χ2v) is 8.55. The van der Waals surface area contributed by atoms with Gasteiger partial charge in [-0.1, -0.05) is 12.1 Å². The third-order valence-corrected chi connectivity index (χ3v) is 5.95. The van der Waals surface area contributed by atoms with Crippen molar-refractivity contribution in [2.75, 3.05) is 46.0 Å². The zero-order valence-corrected chi connectivity index (χ0v) is 16.5. The lowest BCUT2D eigenvalue weighted by atomic mass is 10.0. The minimum atomic E-state index is -0.320. The highest BCUT2D eigenvalue weighted by Gasteiger charge is 2.40. The maximum Gasteiger partial charge on any atom is 0.123 e. The molecule has 0 bridgehead atoms. The fourth-order valence-corrected chi connectivity index (χ4v) is 4.52. The minimum absolute atomic E-state index is 0.192. The van der Waals surface area contributed by atoms with Crippen LogP contribution >= 0.6 is 11.3 Å². The molecule has 1 atom stereocenters. The molecule has 146 valence electrons. The van der Waals surface area contributed by atoms with Gasteiger partial charge in [-0.15, -0.1) is 11.3 Å². The van der Waals surface area contributed by atoms with Crippen LogP contribution in [-0.4, -0.2) is 66.4 Å². The first-order valence-electron chi connectivity index (χ1n) is 9.42. The van der Waals surface area contributed by atoms with E-state index < -0.39 is 0 Å². The molecule has 0 amide bonds. The summed E-state index contributed by atoms with van der Waals surface area (Å²) in [7, 11) is 0. The molecule has 0 N–H and O–H groups in total. The first kappa shape index (κ1) is 19.0. The van der Waals surface area contributed by atoms with Crippen LogP contribution in [0.5, 0.6) is 0 Å². The van der Waals surface area contributed by atoms with Crippen molar-refractivity contribution in [3.63, 3.8) is 0 Å². The molecule has 7 heteroatoms. The summed E-state index contributed by atoms with van der Waals surface area (Å²) in [5, 5.41) is 3.24. The number of hydrogen-bond donors (Lipinski definition) is 0. The summed E-state index contributed by atoms with van der Waals surface area (Å²) >= 11 is 1.69. The smallest absolute Gasteiger partial charge is 0.123 e. The minimum Gasteiger partial charge on any atom is -0.377 e. The average Bonchev–Trinajstić information content (AvgIpc) is 2.96. The van der Waals surface area contributed by atoms with E-state index in [1.165, 1.54) is 12.1 Å². The average molecular weight is 392 g/mol. The Hall–Kier alpha value is -1.38. The van der Waals surface area contributed by atoms with E-state index >= 15 is 0 Å². The molecule has 0 saturated carbocycles. The molecular weight excluding hydrogens is 365 g/mol. The summed E-state index contributed by atoms with van der Waals surface area (Å²) in [4.78, 5) is 9.38. The maximum absolute atomic E-state index is 13.2. The molecule has 2 fully saturated rings. The number of morpholine rings is 1. The number of thiazole rings is 1. The number of hydrogen-bond acceptors (Lipinski definition) is 6. The molecule has 2 saturated heterocycles. The summed E-state index contributed by atoms with van der Waals surface area (Å²) in [5.41, 5.74) is 1.92. The van der Waals surface area contributed by atoms with Crippen molar-refractivity contribution in [2.24, 2.45) is 0 Å². The lowest BCUT2D eigenvalue weighted by Gasteiger charge is -2.43. The Kier molecular flexibility index (Phi) is 5.85. The quantitative estimate of drug-likeness (QED) is 0.801. The molecule has 1 aromatic heterocycles. The SMILES string of the molecule is Cc1nc(CN2CCOC[C@@]3(CN(Cc4ccc(F)cc4)CCO3)C2)cs1. The van der Waals surface area contributed by atoms with Crippen molar-refractivity contribution in [1.82, 2.24) is 14.8 Å². The Balaban J connectivity index is 1.42. The van der Waals surface area contributed by atoms with Gasteiger partial charge in [-0.3, -0.25) is 9.80 Å². The van der Waals surface area contributed by atoms with E-state index in [0.717, 1.165) is 55.5 Å². The number of aromatic nitrogens is 1. The number of benzene rings is 1. The molecule has 27 heavy (non-hydrogen) atoms. The summed E-state index contributed by atoms with van der Waals surface area (Å²) in [5.74, 6) is -0.192. The van der Waals surface area contributed by atoms with Crippen LogP contribution in [0.3, 0.4) is 0 Å². The fraction of sp³-hybridized carbons (Fsp3) is 0.550. The summed E-state index contributed by atoms with van der Waals surface area (Å²) < 4.78 is 25.3. The standard InChI is InChI=1S/C20H26FN3O2S/c1-16-22-19(12-27-16)11-24-6-8-25-15-20(14-24)13-23(7-9-26-20)10-17-2-4-18(21)5-3-17/h2-5,12H,6-11,13-15H2,1H3/t20-/m1/s1. The van der Waals surface area contributed by atoms with Gasteiger partial charge in [0.2, 0.25) is 0 Å². The van der Waals surface area contributed by atoms with Gasteiger partial charge < -0.3 is 9.47 Å². The van der Waals surface area contributed by atoms with Crippen LogP contribution in [0.4, 0.5) is 4.39 Å². The van der Waals surface area contributed by atoms with Crippen LogP contribution in [0.15, 0.2) is 29.6 Å². The van der Waals surface area contributed by atoms with E-state index in [4.69, 9.17) is 9.47 Å². The molecule has 2 aliphatic heterocycles. The molecule has 1 spiro atoms. The summed E-state index contributed by atoms with van der Waals surface area (Å²) in [6.07, 6.45) is 0. The Morgan fingerprint density at radius 1 is 1.11 bits per heavy atom. The zero-order chi connectivity index (χ0) is 18.7. The Bertz CT molecular complexity index is 754. The van der Waals surface area contributed by atoms with Gasteiger partial charge in [0.1, 0.15) is 11.4 Å². The van der Waals surface area contributed by atoms with Gasteiger partial charge in [0.15, 0.2) is 0 Å². The fourth-order valence-electron chi connectivity index (χ4n) is 3.92. The number of nitrogens with zero attached hydrogens (tertiary/aromatic N) is 3. The van der Waals surface area contributed by atoms with Gasteiger partial charge in [0, 0.05) is 44.6 Å². The number of aryl methyl sites for hydroxylation is 1. The second-order valence-electron chi connectivity index (χ2n) is 7.49. The third-order valence-electron chi connectivity index (χ3n) is 5.13. The molecule has 0 aliphatic carbocycles. The zero-order valence-electron chi connectivity index (χ0n) is 15.7. The van der Waals surface area contributed by atoms with Gasteiger partial charge in [-0.05, 0) is 24.6 Å². The Labute approximate surface area is 163 Å². The van der Waals surface area contributed by atoms with Crippen molar-refractivity contribution in [2.45, 2.75) is 25.6 Å². The first-order chi connectivity index (χ1) is 13.1. The van der Waals surface area contributed by atoms with Crippen molar-refractivity contribution in [3.05, 3.63) is 51.7 Å². The van der Waals surface area contributed by atoms with Crippen molar-refractivity contribution < 1.29 is 13.9 Å². The van der Waals surface area contributed by atoms with Crippen LogP contribution < -0.4 is 0 Å². The van der Waals surface area contributed by atoms with Crippen LogP contribution in [0.1, 0.15) is 16.3 Å². The highest BCUT2D eigenvalue weighted by molar-refractivity contribution is 7.09. The summed E-state index contributed by atoms with van der Waals surface area (Å²) in [6, 6.07) is 6.77. The Morgan fingerprint density at radius 2 is 1.85 bits per heavy atom. The van der Waals surface area contributed by atoms with Crippen LogP contribution in [-0.2, 0) is 22.6 Å². The van der Waals surface area contributed by atoms with Crippen LogP contribution in [0.2, 0.25) is 0 Å². The Morgan fingerprint density at radius 3 is 2.59 bits per heavy atom. The van der Waals surface area contributed by atoms with E-state index in [0.29, 0.717) is 19.8 Å². The normalized spacial score (nSPS) is 25.0. The highest BCUT2D eigenvalue weighted by Crippen LogP contribution is 2.25. The molecule has 2 aliphatic rings. The van der Waals surface area contributed by atoms with E-state index in [-0.39, 0.29) is 11.4 Å². The highest BCUT2D eigenvalue weighted by atomic mass is 32.1. The largest absolute Gasteiger partial charge is 0.377 e. The van der Waals surface area contributed by atoms with Crippen molar-refractivity contribution >= 4 is 11.3 Å². The van der Waals surface area contributed by atoms with E-state index in [2.05, 4.69) is 20.2 Å². The van der Waals surface area contributed by atoms with Gasteiger partial charge in [0.05, 0.1) is 30.5 Å². The molecule has 3 heterocycles. The van der Waals surface area contributed by atoms with E-state index in [1.807, 2.05) is 19.1 Å². The van der Waals surface area contributed by atoms with Crippen molar-refractivity contribution in [1.29, 1.82) is 0 Å². The molecular formula is C20H26FN3O2S. The molecule has 4 rings (SSSR count). The van der Waals surface area contributed by atoms with Crippen LogP contribution in [0, 0.1) is 12.7 Å². The molecule has 0 unspecified atom stereocenters. The number of rotatable bonds is 4. The third kappa shape index (κ3) is 4.92. The van der Waals surface area contributed by atoms with E-state index in [9.17, 15) is 4.39 Å². The molecule has 1 aromatic carbocycles. The lowest BCUT2D eigenvalue weighted by Crippen LogP contribution is -2.58. The number of halogens is 1. The summed E-state index contributed by atoms with van der Waals surface area (Å²) in [6.45, 7) is 9.11. The molecule has 5 nitrogen and oxygen atoms in total. The van der Waals surface area contributed by atoms with Crippen LogP contribution in [0.25, 0.3) is 0 Å². The molecule has 2 aromatic rings. The monoisotopic (exact) mass is 391 g/mol. The number of ether oxygens (including phenoxy) is 2. The first-order valence-corrected chi connectivity index (χ1v) is 10.3. The van der Waals surface area contributed by atoms with Crippen molar-refractivity contribution in [3.8, 4) is 0 Å². The maximum atomic E-state index is 13.2. The van der Waals surface area contributed by atoms with E-state index in [1.54, 1.807) is 11.3 Å². The predicted molar refractivity (Wildman–Crippen MR) is 103 cm³/mol. The van der Waals surface area contributed by atoms with Gasteiger partial charge in [-0.25, -0.2) is 9.37 Å².